The van der Waals surface area contributed by atoms with Crippen molar-refractivity contribution >= 4 is 21.8 Å². The molecule has 0 aliphatic heterocycles. The predicted molar refractivity (Wildman–Crippen MR) is 81.3 cm³/mol. The molecule has 2 rings (SSSR count). The highest BCUT2D eigenvalue weighted by Crippen LogP contribution is 2.23. The summed E-state index contributed by atoms with van der Waals surface area (Å²) in [4.78, 5) is 11.4. The lowest BCUT2D eigenvalue weighted by molar-refractivity contribution is 0.0953. The van der Waals surface area contributed by atoms with Gasteiger partial charge in [-0.15, -0.1) is 0 Å². The van der Waals surface area contributed by atoms with Gasteiger partial charge in [-0.2, -0.15) is 0 Å². The molecule has 0 spiro atoms. The summed E-state index contributed by atoms with van der Waals surface area (Å²) in [5.41, 5.74) is 4.59. The zero-order valence-corrected chi connectivity index (χ0v) is 12.6. The average molecular weight is 335 g/mol. The maximum absolute atomic E-state index is 11.4. The molecule has 0 fully saturated rings. The van der Waals surface area contributed by atoms with E-state index in [-0.39, 0.29) is 5.91 Å². The molecular formula is C15H15BrN2O2. The molecule has 2 aromatic rings. The Morgan fingerprint density at radius 1 is 1.30 bits per heavy atom. The summed E-state index contributed by atoms with van der Waals surface area (Å²) in [6.07, 6.45) is 0. The van der Waals surface area contributed by atoms with Gasteiger partial charge in [-0.1, -0.05) is 28.1 Å². The third-order valence-electron chi connectivity index (χ3n) is 2.85. The lowest BCUT2D eigenvalue weighted by atomic mass is 10.1. The first-order chi connectivity index (χ1) is 9.60. The fourth-order valence-electron chi connectivity index (χ4n) is 1.82. The minimum Gasteiger partial charge on any atom is -0.489 e. The van der Waals surface area contributed by atoms with Gasteiger partial charge < -0.3 is 4.74 Å². The Morgan fingerprint density at radius 3 is 2.80 bits per heavy atom. The number of benzene rings is 2. The van der Waals surface area contributed by atoms with E-state index >= 15 is 0 Å². The molecule has 5 heteroatoms. The van der Waals surface area contributed by atoms with E-state index in [1.165, 1.54) is 0 Å². The molecule has 0 unspecified atom stereocenters. The number of aryl methyl sites for hydroxylation is 1. The van der Waals surface area contributed by atoms with Crippen LogP contribution >= 0.6 is 15.9 Å². The van der Waals surface area contributed by atoms with Crippen molar-refractivity contribution in [3.05, 3.63) is 63.6 Å². The SMILES string of the molecule is Cc1cc(Br)ccc1OCc1cccc(C(=O)NN)c1. The normalized spacial score (nSPS) is 10.2. The zero-order chi connectivity index (χ0) is 14.5. The number of rotatable bonds is 4. The highest BCUT2D eigenvalue weighted by molar-refractivity contribution is 9.10. The van der Waals surface area contributed by atoms with Crippen LogP contribution in [0.25, 0.3) is 0 Å². The summed E-state index contributed by atoms with van der Waals surface area (Å²) in [7, 11) is 0. The molecule has 0 aromatic heterocycles. The first kappa shape index (κ1) is 14.6. The van der Waals surface area contributed by atoms with Gasteiger partial charge >= 0.3 is 0 Å². The van der Waals surface area contributed by atoms with Gasteiger partial charge in [0.2, 0.25) is 0 Å². The number of ether oxygens (including phenoxy) is 1. The number of hydrazine groups is 1. The van der Waals surface area contributed by atoms with E-state index in [1.807, 2.05) is 31.2 Å². The standard InChI is InChI=1S/C15H15BrN2O2/c1-10-7-13(16)5-6-14(10)20-9-11-3-2-4-12(8-11)15(19)18-17/h2-8H,9,17H2,1H3,(H,18,19). The molecule has 0 bridgehead atoms. The zero-order valence-electron chi connectivity index (χ0n) is 11.0. The third kappa shape index (κ3) is 3.59. The van der Waals surface area contributed by atoms with Crippen molar-refractivity contribution in [2.24, 2.45) is 5.84 Å². The van der Waals surface area contributed by atoms with Crippen LogP contribution in [-0.4, -0.2) is 5.91 Å². The number of hydrogen-bond donors (Lipinski definition) is 2. The molecule has 4 nitrogen and oxygen atoms in total. The highest BCUT2D eigenvalue weighted by atomic mass is 79.9. The number of nitrogens with two attached hydrogens (primary N) is 1. The third-order valence-corrected chi connectivity index (χ3v) is 3.34. The molecular weight excluding hydrogens is 320 g/mol. The predicted octanol–water partition coefficient (Wildman–Crippen LogP) is 2.94. The molecule has 1 amide bonds. The number of hydrogen-bond acceptors (Lipinski definition) is 3. The van der Waals surface area contributed by atoms with Crippen LogP contribution in [0.3, 0.4) is 0 Å². The lowest BCUT2D eigenvalue weighted by Gasteiger charge is -2.10. The lowest BCUT2D eigenvalue weighted by Crippen LogP contribution is -2.30. The second kappa shape index (κ2) is 6.54. The number of amides is 1. The first-order valence-corrected chi connectivity index (χ1v) is 6.88. The number of carbonyl (C=O) groups is 1. The van der Waals surface area contributed by atoms with Gasteiger partial charge in [-0.25, -0.2) is 5.84 Å². The van der Waals surface area contributed by atoms with Gasteiger partial charge in [0.25, 0.3) is 5.91 Å². The summed E-state index contributed by atoms with van der Waals surface area (Å²) in [5, 5.41) is 0. The smallest absolute Gasteiger partial charge is 0.265 e. The number of nitrogen functional groups attached to an aromatic ring is 1. The van der Waals surface area contributed by atoms with Crippen LogP contribution in [0.15, 0.2) is 46.9 Å². The van der Waals surface area contributed by atoms with Crippen molar-refractivity contribution in [1.82, 2.24) is 5.43 Å². The van der Waals surface area contributed by atoms with Crippen LogP contribution in [0.5, 0.6) is 5.75 Å². The van der Waals surface area contributed by atoms with Crippen molar-refractivity contribution in [3.63, 3.8) is 0 Å². The largest absolute Gasteiger partial charge is 0.489 e. The highest BCUT2D eigenvalue weighted by Gasteiger charge is 2.05. The van der Waals surface area contributed by atoms with Gasteiger partial charge in [0.1, 0.15) is 12.4 Å². The van der Waals surface area contributed by atoms with Crippen LogP contribution in [0, 0.1) is 6.92 Å². The van der Waals surface area contributed by atoms with E-state index in [4.69, 9.17) is 10.6 Å². The maximum Gasteiger partial charge on any atom is 0.265 e. The van der Waals surface area contributed by atoms with Crippen molar-refractivity contribution in [2.45, 2.75) is 13.5 Å². The topological polar surface area (TPSA) is 64.3 Å². The molecule has 0 radical (unpaired) electrons. The maximum atomic E-state index is 11.4. The van der Waals surface area contributed by atoms with Crippen molar-refractivity contribution in [2.75, 3.05) is 0 Å². The van der Waals surface area contributed by atoms with Gasteiger partial charge in [-0.3, -0.25) is 10.2 Å². The van der Waals surface area contributed by atoms with E-state index in [9.17, 15) is 4.79 Å². The number of nitrogens with one attached hydrogen (secondary N) is 1. The molecule has 0 heterocycles. The van der Waals surface area contributed by atoms with E-state index in [0.717, 1.165) is 21.3 Å². The quantitative estimate of drug-likeness (QED) is 0.513. The molecule has 0 aliphatic rings. The Morgan fingerprint density at radius 2 is 2.10 bits per heavy atom. The second-order valence-electron chi connectivity index (χ2n) is 4.37. The molecule has 3 N–H and O–H groups in total. The summed E-state index contributed by atoms with van der Waals surface area (Å²) < 4.78 is 6.78. The molecule has 0 saturated heterocycles. The fraction of sp³-hybridized carbons (Fsp3) is 0.133. The van der Waals surface area contributed by atoms with Crippen LogP contribution in [0.2, 0.25) is 0 Å². The number of carbonyl (C=O) groups excluding carboxylic acids is 1. The summed E-state index contributed by atoms with van der Waals surface area (Å²) in [6, 6.07) is 13.0. The Bertz CT molecular complexity index is 629. The van der Waals surface area contributed by atoms with Gasteiger partial charge in [0, 0.05) is 10.0 Å². The molecule has 0 atom stereocenters. The van der Waals surface area contributed by atoms with E-state index in [2.05, 4.69) is 21.4 Å². The van der Waals surface area contributed by atoms with Crippen LogP contribution in [0.1, 0.15) is 21.5 Å². The van der Waals surface area contributed by atoms with Crippen molar-refractivity contribution in [1.29, 1.82) is 0 Å². The molecule has 2 aromatic carbocycles. The van der Waals surface area contributed by atoms with E-state index < -0.39 is 0 Å². The summed E-state index contributed by atoms with van der Waals surface area (Å²) >= 11 is 3.41. The minimum atomic E-state index is -0.313. The second-order valence-corrected chi connectivity index (χ2v) is 5.29. The monoisotopic (exact) mass is 334 g/mol. The van der Waals surface area contributed by atoms with E-state index in [1.54, 1.807) is 18.2 Å². The Balaban J connectivity index is 2.09. The first-order valence-electron chi connectivity index (χ1n) is 6.09. The molecule has 0 aliphatic carbocycles. The fourth-order valence-corrected chi connectivity index (χ4v) is 2.30. The summed E-state index contributed by atoms with van der Waals surface area (Å²) in [5.74, 6) is 5.63. The Labute approximate surface area is 126 Å². The van der Waals surface area contributed by atoms with Gasteiger partial charge in [0.15, 0.2) is 0 Å². The van der Waals surface area contributed by atoms with Crippen LogP contribution in [-0.2, 0) is 6.61 Å². The Kier molecular flexibility index (Phi) is 4.76. The average Bonchev–Trinajstić information content (AvgIpc) is 2.46. The summed E-state index contributed by atoms with van der Waals surface area (Å²) in [6.45, 7) is 2.38. The molecule has 104 valence electrons. The van der Waals surface area contributed by atoms with Crippen molar-refractivity contribution in [3.8, 4) is 5.75 Å². The van der Waals surface area contributed by atoms with Gasteiger partial charge in [0.05, 0.1) is 0 Å². The van der Waals surface area contributed by atoms with Crippen molar-refractivity contribution < 1.29 is 9.53 Å². The van der Waals surface area contributed by atoms with Crippen LogP contribution < -0.4 is 16.0 Å². The molecule has 0 saturated carbocycles. The van der Waals surface area contributed by atoms with Crippen LogP contribution in [0.4, 0.5) is 0 Å². The molecule has 20 heavy (non-hydrogen) atoms. The number of halogens is 1. The Hall–Kier alpha value is -1.85. The van der Waals surface area contributed by atoms with Gasteiger partial charge in [-0.05, 0) is 48.4 Å². The minimum absolute atomic E-state index is 0.313. The van der Waals surface area contributed by atoms with E-state index in [0.29, 0.717) is 12.2 Å².